The van der Waals surface area contributed by atoms with Gasteiger partial charge < -0.3 is 10.6 Å². The van der Waals surface area contributed by atoms with E-state index >= 15 is 0 Å². The Kier molecular flexibility index (Phi) is 4.09. The van der Waals surface area contributed by atoms with Crippen molar-refractivity contribution >= 4 is 29.1 Å². The number of piperidine rings is 1. The third kappa shape index (κ3) is 2.88. The Labute approximate surface area is 123 Å². The van der Waals surface area contributed by atoms with Gasteiger partial charge in [-0.15, -0.1) is 0 Å². The summed E-state index contributed by atoms with van der Waals surface area (Å²) < 4.78 is 0. The largest absolute Gasteiger partial charge is 0.338 e. The van der Waals surface area contributed by atoms with Crippen LogP contribution < -0.4 is 5.73 Å². The van der Waals surface area contributed by atoms with Crippen molar-refractivity contribution in [3.63, 3.8) is 0 Å². The van der Waals surface area contributed by atoms with E-state index in [1.807, 2.05) is 0 Å². The van der Waals surface area contributed by atoms with Crippen molar-refractivity contribution in [2.24, 2.45) is 11.1 Å². The number of nitrogens with two attached hydrogens (primary N) is 1. The smallest absolute Gasteiger partial charge is 0.256 e. The number of hydrogen-bond donors (Lipinski definition) is 1. The summed E-state index contributed by atoms with van der Waals surface area (Å²) in [4.78, 5) is 14.3. The van der Waals surface area contributed by atoms with Crippen LogP contribution in [0.5, 0.6) is 0 Å². The number of hydrogen-bond acceptors (Lipinski definition) is 2. The monoisotopic (exact) mass is 300 g/mol. The van der Waals surface area contributed by atoms with E-state index in [9.17, 15) is 4.79 Å². The van der Waals surface area contributed by atoms with Gasteiger partial charge in [-0.05, 0) is 24.0 Å². The molecule has 0 aliphatic carbocycles. The molecule has 0 aromatic heterocycles. The fraction of sp³-hybridized carbons (Fsp3) is 0.500. The van der Waals surface area contributed by atoms with E-state index in [-0.39, 0.29) is 17.4 Å². The highest BCUT2D eigenvalue weighted by Gasteiger charge is 2.36. The third-order valence-corrected chi connectivity index (χ3v) is 4.41. The van der Waals surface area contributed by atoms with Gasteiger partial charge in [0.1, 0.15) is 0 Å². The first-order chi connectivity index (χ1) is 8.83. The topological polar surface area (TPSA) is 46.3 Å². The zero-order chi connectivity index (χ0) is 14.2. The number of carbonyl (C=O) groups excluding carboxylic acids is 1. The molecule has 19 heavy (non-hydrogen) atoms. The first-order valence-corrected chi connectivity index (χ1v) is 7.07. The highest BCUT2D eigenvalue weighted by Crippen LogP contribution is 2.31. The van der Waals surface area contributed by atoms with Crippen LogP contribution in [0.15, 0.2) is 18.2 Å². The molecule has 1 atom stereocenters. The molecule has 2 N–H and O–H groups in total. The summed E-state index contributed by atoms with van der Waals surface area (Å²) in [6.45, 7) is 5.41. The van der Waals surface area contributed by atoms with Crippen LogP contribution in [0, 0.1) is 5.41 Å². The summed E-state index contributed by atoms with van der Waals surface area (Å²) in [6, 6.07) is 5.21. The molecule has 1 aromatic carbocycles. The molecule has 104 valence electrons. The van der Waals surface area contributed by atoms with Crippen LogP contribution in [0.4, 0.5) is 0 Å². The summed E-state index contributed by atoms with van der Waals surface area (Å²) in [5.74, 6) is -0.115. The minimum atomic E-state index is -0.115. The Bertz CT molecular complexity index is 482. The van der Waals surface area contributed by atoms with Gasteiger partial charge in [0.25, 0.3) is 5.91 Å². The average Bonchev–Trinajstić information content (AvgIpc) is 2.32. The molecule has 1 saturated heterocycles. The number of rotatable bonds is 1. The van der Waals surface area contributed by atoms with Crippen LogP contribution >= 0.6 is 23.2 Å². The van der Waals surface area contributed by atoms with Gasteiger partial charge in [0, 0.05) is 19.1 Å². The molecule has 1 aliphatic rings. The van der Waals surface area contributed by atoms with E-state index in [1.54, 1.807) is 23.1 Å². The lowest BCUT2D eigenvalue weighted by Crippen LogP contribution is -2.54. The van der Waals surface area contributed by atoms with Gasteiger partial charge in [0.05, 0.1) is 15.6 Å². The molecular formula is C14H18Cl2N2O. The average molecular weight is 301 g/mol. The van der Waals surface area contributed by atoms with Crippen molar-refractivity contribution in [2.45, 2.75) is 26.3 Å². The van der Waals surface area contributed by atoms with Crippen LogP contribution in [0.3, 0.4) is 0 Å². The van der Waals surface area contributed by atoms with Crippen LogP contribution in [-0.4, -0.2) is 29.9 Å². The maximum atomic E-state index is 12.6. The first-order valence-electron chi connectivity index (χ1n) is 6.32. The summed E-state index contributed by atoms with van der Waals surface area (Å²) in [6.07, 6.45) is 0.792. The number of halogens is 2. The van der Waals surface area contributed by atoms with Crippen LogP contribution in [-0.2, 0) is 0 Å². The van der Waals surface area contributed by atoms with E-state index in [1.165, 1.54) is 0 Å². The zero-order valence-corrected chi connectivity index (χ0v) is 12.6. The van der Waals surface area contributed by atoms with Gasteiger partial charge in [-0.1, -0.05) is 43.1 Å². The van der Waals surface area contributed by atoms with Crippen molar-refractivity contribution in [1.82, 2.24) is 4.90 Å². The molecule has 1 amide bonds. The van der Waals surface area contributed by atoms with Gasteiger partial charge in [-0.25, -0.2) is 0 Å². The summed E-state index contributed by atoms with van der Waals surface area (Å²) >= 11 is 12.2. The molecule has 5 heteroatoms. The van der Waals surface area contributed by atoms with Gasteiger partial charge >= 0.3 is 0 Å². The molecule has 1 aliphatic heterocycles. The lowest BCUT2D eigenvalue weighted by molar-refractivity contribution is 0.0533. The van der Waals surface area contributed by atoms with Crippen molar-refractivity contribution in [3.8, 4) is 0 Å². The number of likely N-dealkylation sites (tertiary alicyclic amines) is 1. The second-order valence-electron chi connectivity index (χ2n) is 5.71. The SMILES string of the molecule is CC1(C)CN(C(=O)c2c(Cl)cccc2Cl)CCC1N. The van der Waals surface area contributed by atoms with Crippen LogP contribution in [0.25, 0.3) is 0 Å². The standard InChI is InChI=1S/C14H18Cl2N2O/c1-14(2)8-18(7-6-11(14)17)13(19)12-9(15)4-3-5-10(12)16/h3-5,11H,6-8,17H2,1-2H3. The Morgan fingerprint density at radius 3 is 2.47 bits per heavy atom. The number of amides is 1. The second kappa shape index (κ2) is 5.31. The third-order valence-electron chi connectivity index (χ3n) is 3.78. The van der Waals surface area contributed by atoms with E-state index in [0.717, 1.165) is 6.42 Å². The molecule has 1 heterocycles. The van der Waals surface area contributed by atoms with Crippen molar-refractivity contribution in [2.75, 3.05) is 13.1 Å². The molecule has 2 rings (SSSR count). The summed E-state index contributed by atoms with van der Waals surface area (Å²) in [5, 5.41) is 0.787. The summed E-state index contributed by atoms with van der Waals surface area (Å²) in [5.41, 5.74) is 6.37. The molecule has 0 bridgehead atoms. The van der Waals surface area contributed by atoms with Crippen molar-refractivity contribution in [3.05, 3.63) is 33.8 Å². The molecule has 0 radical (unpaired) electrons. The maximum Gasteiger partial charge on any atom is 0.256 e. The number of carbonyl (C=O) groups is 1. The zero-order valence-electron chi connectivity index (χ0n) is 11.1. The molecule has 3 nitrogen and oxygen atoms in total. The highest BCUT2D eigenvalue weighted by atomic mass is 35.5. The van der Waals surface area contributed by atoms with E-state index < -0.39 is 0 Å². The lowest BCUT2D eigenvalue weighted by atomic mass is 9.79. The minimum Gasteiger partial charge on any atom is -0.338 e. The Hall–Kier alpha value is -0.770. The summed E-state index contributed by atoms with van der Waals surface area (Å²) in [7, 11) is 0. The van der Waals surface area contributed by atoms with Crippen LogP contribution in [0.1, 0.15) is 30.6 Å². The fourth-order valence-electron chi connectivity index (χ4n) is 2.41. The van der Waals surface area contributed by atoms with Gasteiger partial charge in [0.15, 0.2) is 0 Å². The molecule has 1 aromatic rings. The highest BCUT2D eigenvalue weighted by molar-refractivity contribution is 6.39. The van der Waals surface area contributed by atoms with Crippen molar-refractivity contribution in [1.29, 1.82) is 0 Å². The van der Waals surface area contributed by atoms with Crippen LogP contribution in [0.2, 0.25) is 10.0 Å². The Morgan fingerprint density at radius 2 is 1.95 bits per heavy atom. The second-order valence-corrected chi connectivity index (χ2v) is 6.52. The molecular weight excluding hydrogens is 283 g/mol. The Balaban J connectivity index is 2.26. The van der Waals surface area contributed by atoms with Gasteiger partial charge in [-0.2, -0.15) is 0 Å². The predicted molar refractivity (Wildman–Crippen MR) is 78.7 cm³/mol. The van der Waals surface area contributed by atoms with E-state index in [2.05, 4.69) is 13.8 Å². The van der Waals surface area contributed by atoms with Crippen molar-refractivity contribution < 1.29 is 4.79 Å². The predicted octanol–water partition coefficient (Wildman–Crippen LogP) is 3.19. The number of nitrogens with zero attached hydrogens (tertiary/aromatic N) is 1. The van der Waals surface area contributed by atoms with Gasteiger partial charge in [0.2, 0.25) is 0 Å². The normalized spacial score (nSPS) is 22.4. The van der Waals surface area contributed by atoms with Gasteiger partial charge in [-0.3, -0.25) is 4.79 Å². The molecule has 1 unspecified atom stereocenters. The fourth-order valence-corrected chi connectivity index (χ4v) is 2.97. The lowest BCUT2D eigenvalue weighted by Gasteiger charge is -2.42. The minimum absolute atomic E-state index is 0.0956. The first kappa shape index (κ1) is 14.6. The quantitative estimate of drug-likeness (QED) is 0.866. The van der Waals surface area contributed by atoms with E-state index in [4.69, 9.17) is 28.9 Å². The number of benzene rings is 1. The van der Waals surface area contributed by atoms with E-state index in [0.29, 0.717) is 28.7 Å². The molecule has 1 fully saturated rings. The molecule has 0 spiro atoms. The Morgan fingerprint density at radius 1 is 1.37 bits per heavy atom. The molecule has 0 saturated carbocycles. The maximum absolute atomic E-state index is 12.6.